The molecule has 4 heteroatoms. The van der Waals surface area contributed by atoms with E-state index in [2.05, 4.69) is 32.3 Å². The zero-order valence-electron chi connectivity index (χ0n) is 9.02. The molecule has 0 spiro atoms. The van der Waals surface area contributed by atoms with Gasteiger partial charge in [-0.05, 0) is 39.7 Å². The van der Waals surface area contributed by atoms with Crippen molar-refractivity contribution < 1.29 is 0 Å². The van der Waals surface area contributed by atoms with Crippen molar-refractivity contribution in [1.82, 2.24) is 4.98 Å². The van der Waals surface area contributed by atoms with Gasteiger partial charge in [-0.1, -0.05) is 12.1 Å². The predicted molar refractivity (Wildman–Crippen MR) is 70.4 cm³/mol. The van der Waals surface area contributed by atoms with Crippen molar-refractivity contribution in [3.8, 4) is 6.07 Å². The summed E-state index contributed by atoms with van der Waals surface area (Å²) in [6.07, 6.45) is 3.52. The second-order valence-electron chi connectivity index (χ2n) is 3.55. The first-order valence-electron chi connectivity index (χ1n) is 5.11. The lowest BCUT2D eigenvalue weighted by atomic mass is 10.1. The Hall–Kier alpha value is -1.86. The fraction of sp³-hybridized carbons (Fsp3) is 0.0769. The van der Waals surface area contributed by atoms with E-state index in [0.717, 1.165) is 15.7 Å². The number of halogens is 1. The summed E-state index contributed by atoms with van der Waals surface area (Å²) in [5.41, 5.74) is 2.77. The van der Waals surface area contributed by atoms with Gasteiger partial charge in [0, 0.05) is 17.2 Å². The third-order valence-corrected chi connectivity index (χ3v) is 2.72. The van der Waals surface area contributed by atoms with Crippen LogP contribution in [-0.2, 0) is 6.54 Å². The van der Waals surface area contributed by atoms with Gasteiger partial charge < -0.3 is 5.32 Å². The van der Waals surface area contributed by atoms with E-state index >= 15 is 0 Å². The third kappa shape index (κ3) is 3.30. The van der Waals surface area contributed by atoms with E-state index in [1.807, 2.05) is 30.3 Å². The summed E-state index contributed by atoms with van der Waals surface area (Å²) in [6, 6.07) is 11.6. The van der Waals surface area contributed by atoms with Crippen LogP contribution in [0, 0.1) is 11.3 Å². The smallest absolute Gasteiger partial charge is 0.0991 e. The molecule has 0 fully saturated rings. The van der Waals surface area contributed by atoms with Crippen molar-refractivity contribution in [1.29, 1.82) is 5.26 Å². The third-order valence-electron chi connectivity index (χ3n) is 2.28. The molecule has 0 atom stereocenters. The van der Waals surface area contributed by atoms with Crippen LogP contribution in [-0.4, -0.2) is 4.98 Å². The van der Waals surface area contributed by atoms with Crippen molar-refractivity contribution >= 4 is 21.6 Å². The molecule has 0 saturated carbocycles. The van der Waals surface area contributed by atoms with Gasteiger partial charge in [-0.3, -0.25) is 4.98 Å². The van der Waals surface area contributed by atoms with Gasteiger partial charge in [-0.25, -0.2) is 0 Å². The molecule has 0 unspecified atom stereocenters. The van der Waals surface area contributed by atoms with Crippen LogP contribution in [0.3, 0.4) is 0 Å². The van der Waals surface area contributed by atoms with Gasteiger partial charge in [-0.15, -0.1) is 0 Å². The van der Waals surface area contributed by atoms with E-state index in [1.165, 1.54) is 0 Å². The number of pyridine rings is 1. The van der Waals surface area contributed by atoms with Crippen LogP contribution in [0.15, 0.2) is 47.2 Å². The quantitative estimate of drug-likeness (QED) is 0.942. The molecule has 0 amide bonds. The molecular formula is C13H10BrN3. The van der Waals surface area contributed by atoms with Crippen LogP contribution in [0.4, 0.5) is 5.69 Å². The molecule has 0 aliphatic rings. The van der Waals surface area contributed by atoms with Crippen LogP contribution >= 0.6 is 15.9 Å². The molecule has 1 N–H and O–H groups in total. The van der Waals surface area contributed by atoms with Gasteiger partial charge in [0.1, 0.15) is 0 Å². The Morgan fingerprint density at radius 1 is 1.24 bits per heavy atom. The molecule has 1 aromatic heterocycles. The minimum atomic E-state index is 0.679. The highest BCUT2D eigenvalue weighted by molar-refractivity contribution is 9.10. The van der Waals surface area contributed by atoms with Gasteiger partial charge in [0.25, 0.3) is 0 Å². The average molecular weight is 288 g/mol. The topological polar surface area (TPSA) is 48.7 Å². The van der Waals surface area contributed by atoms with E-state index in [4.69, 9.17) is 5.26 Å². The molecule has 0 aliphatic carbocycles. The second-order valence-corrected chi connectivity index (χ2v) is 4.47. The molecule has 84 valence electrons. The van der Waals surface area contributed by atoms with Gasteiger partial charge in [0.15, 0.2) is 0 Å². The maximum Gasteiger partial charge on any atom is 0.0991 e. The van der Waals surface area contributed by atoms with E-state index < -0.39 is 0 Å². The number of aromatic nitrogens is 1. The van der Waals surface area contributed by atoms with Crippen LogP contribution in [0.5, 0.6) is 0 Å². The number of nitrogens with zero attached hydrogens (tertiary/aromatic N) is 2. The molecule has 0 aliphatic heterocycles. The zero-order valence-corrected chi connectivity index (χ0v) is 10.6. The Bertz CT molecular complexity index is 543. The molecule has 0 saturated heterocycles. The predicted octanol–water partition coefficient (Wildman–Crippen LogP) is 3.33. The molecule has 0 bridgehead atoms. The zero-order chi connectivity index (χ0) is 12.1. The summed E-state index contributed by atoms with van der Waals surface area (Å²) >= 11 is 3.37. The number of hydrogen-bond acceptors (Lipinski definition) is 3. The molecule has 1 heterocycles. The highest BCUT2D eigenvalue weighted by Gasteiger charge is 1.96. The minimum absolute atomic E-state index is 0.679. The number of benzene rings is 1. The van der Waals surface area contributed by atoms with Crippen LogP contribution in [0.2, 0.25) is 0 Å². The van der Waals surface area contributed by atoms with Crippen LogP contribution in [0.25, 0.3) is 0 Å². The first-order chi connectivity index (χ1) is 8.28. The summed E-state index contributed by atoms with van der Waals surface area (Å²) < 4.78 is 0.947. The lowest BCUT2D eigenvalue weighted by molar-refractivity contribution is 1.13. The molecular weight excluding hydrogens is 278 g/mol. The van der Waals surface area contributed by atoms with Crippen LogP contribution in [0.1, 0.15) is 11.1 Å². The van der Waals surface area contributed by atoms with E-state index in [0.29, 0.717) is 12.1 Å². The molecule has 2 rings (SSSR count). The molecule has 0 radical (unpaired) electrons. The fourth-order valence-electron chi connectivity index (χ4n) is 1.41. The van der Waals surface area contributed by atoms with Crippen LogP contribution < -0.4 is 5.32 Å². The molecule has 3 nitrogen and oxygen atoms in total. The SMILES string of the molecule is N#Cc1ccc(CNc2cncc(Br)c2)cc1. The Morgan fingerprint density at radius 3 is 2.65 bits per heavy atom. The summed E-state index contributed by atoms with van der Waals surface area (Å²) in [7, 11) is 0. The summed E-state index contributed by atoms with van der Waals surface area (Å²) in [5, 5.41) is 12.0. The maximum atomic E-state index is 8.69. The molecule has 2 aromatic rings. The Balaban J connectivity index is 2.00. The lowest BCUT2D eigenvalue weighted by Gasteiger charge is -2.06. The second kappa shape index (κ2) is 5.46. The number of anilines is 1. The first-order valence-corrected chi connectivity index (χ1v) is 5.91. The van der Waals surface area contributed by atoms with Gasteiger partial charge in [0.2, 0.25) is 0 Å². The Labute approximate surface area is 108 Å². The monoisotopic (exact) mass is 287 g/mol. The van der Waals surface area contributed by atoms with Crippen molar-refractivity contribution in [3.05, 3.63) is 58.3 Å². The van der Waals surface area contributed by atoms with Gasteiger partial charge in [-0.2, -0.15) is 5.26 Å². The van der Waals surface area contributed by atoms with Crippen molar-refractivity contribution in [2.45, 2.75) is 6.54 Å². The van der Waals surface area contributed by atoms with Crippen molar-refractivity contribution in [2.75, 3.05) is 5.32 Å². The first kappa shape index (κ1) is 11.6. The normalized spacial score (nSPS) is 9.65. The molecule has 1 aromatic carbocycles. The van der Waals surface area contributed by atoms with E-state index in [1.54, 1.807) is 12.4 Å². The molecule has 17 heavy (non-hydrogen) atoms. The maximum absolute atomic E-state index is 8.69. The van der Waals surface area contributed by atoms with E-state index in [-0.39, 0.29) is 0 Å². The standard InChI is InChI=1S/C13H10BrN3/c14-12-5-13(9-16-8-12)17-7-11-3-1-10(6-15)2-4-11/h1-5,8-9,17H,7H2. The van der Waals surface area contributed by atoms with E-state index in [9.17, 15) is 0 Å². The number of rotatable bonds is 3. The Kier molecular flexibility index (Phi) is 3.73. The number of nitriles is 1. The largest absolute Gasteiger partial charge is 0.380 e. The summed E-state index contributed by atoms with van der Waals surface area (Å²) in [5.74, 6) is 0. The fourth-order valence-corrected chi connectivity index (χ4v) is 1.77. The summed E-state index contributed by atoms with van der Waals surface area (Å²) in [6.45, 7) is 0.712. The summed E-state index contributed by atoms with van der Waals surface area (Å²) in [4.78, 5) is 4.07. The van der Waals surface area contributed by atoms with Crippen molar-refractivity contribution in [3.63, 3.8) is 0 Å². The van der Waals surface area contributed by atoms with Gasteiger partial charge in [0.05, 0.1) is 23.5 Å². The van der Waals surface area contributed by atoms with Gasteiger partial charge >= 0.3 is 0 Å². The van der Waals surface area contributed by atoms with Crippen molar-refractivity contribution in [2.24, 2.45) is 0 Å². The highest BCUT2D eigenvalue weighted by atomic mass is 79.9. The highest BCUT2D eigenvalue weighted by Crippen LogP contribution is 2.14. The number of nitrogens with one attached hydrogen (secondary N) is 1. The average Bonchev–Trinajstić information content (AvgIpc) is 2.37. The Morgan fingerprint density at radius 2 is 2.00 bits per heavy atom. The minimum Gasteiger partial charge on any atom is -0.380 e. The number of hydrogen-bond donors (Lipinski definition) is 1. The lowest BCUT2D eigenvalue weighted by Crippen LogP contribution is -1.99.